The number of para-hydroxylation sites is 1. The molecular formula is C19H25NO. The Kier molecular flexibility index (Phi) is 5.40. The van der Waals surface area contributed by atoms with Crippen LogP contribution in [0.2, 0.25) is 0 Å². The average Bonchev–Trinajstić information content (AvgIpc) is 2.56. The van der Waals surface area contributed by atoms with Crippen LogP contribution in [0.5, 0.6) is 5.75 Å². The third-order valence-electron chi connectivity index (χ3n) is 4.19. The van der Waals surface area contributed by atoms with Gasteiger partial charge in [-0.15, -0.1) is 0 Å². The van der Waals surface area contributed by atoms with Crippen LogP contribution in [0.4, 0.5) is 0 Å². The molecule has 0 saturated carbocycles. The molecule has 0 aliphatic rings. The van der Waals surface area contributed by atoms with Gasteiger partial charge in [-0.3, -0.25) is 0 Å². The molecule has 2 nitrogen and oxygen atoms in total. The number of aryl methyl sites for hydroxylation is 1. The molecule has 112 valence electrons. The molecule has 0 saturated heterocycles. The second kappa shape index (κ2) is 7.28. The second-order valence-corrected chi connectivity index (χ2v) is 5.69. The van der Waals surface area contributed by atoms with Gasteiger partial charge >= 0.3 is 0 Å². The summed E-state index contributed by atoms with van der Waals surface area (Å²) in [6.45, 7) is 5.66. The topological polar surface area (TPSA) is 35.2 Å². The van der Waals surface area contributed by atoms with Crippen molar-refractivity contribution < 1.29 is 4.74 Å². The lowest BCUT2D eigenvalue weighted by Crippen LogP contribution is -2.33. The van der Waals surface area contributed by atoms with Crippen molar-refractivity contribution in [2.45, 2.75) is 32.1 Å². The minimum atomic E-state index is -0.0393. The summed E-state index contributed by atoms with van der Waals surface area (Å²) in [4.78, 5) is 0. The summed E-state index contributed by atoms with van der Waals surface area (Å²) < 4.78 is 5.99. The van der Waals surface area contributed by atoms with E-state index in [2.05, 4.69) is 50.2 Å². The molecule has 0 radical (unpaired) electrons. The summed E-state index contributed by atoms with van der Waals surface area (Å²) >= 11 is 0. The molecular weight excluding hydrogens is 258 g/mol. The van der Waals surface area contributed by atoms with E-state index in [1.165, 1.54) is 11.1 Å². The van der Waals surface area contributed by atoms with Crippen molar-refractivity contribution in [3.05, 3.63) is 65.7 Å². The molecule has 1 atom stereocenters. The zero-order valence-electron chi connectivity index (χ0n) is 13.0. The van der Waals surface area contributed by atoms with Gasteiger partial charge in [-0.2, -0.15) is 0 Å². The molecule has 2 rings (SSSR count). The van der Waals surface area contributed by atoms with Gasteiger partial charge in [0.15, 0.2) is 0 Å². The Morgan fingerprint density at radius 3 is 2.33 bits per heavy atom. The molecule has 0 heterocycles. The Bertz CT molecular complexity index is 553. The summed E-state index contributed by atoms with van der Waals surface area (Å²) in [6, 6.07) is 18.7. The van der Waals surface area contributed by atoms with Crippen molar-refractivity contribution in [2.75, 3.05) is 13.2 Å². The largest absolute Gasteiger partial charge is 0.493 e. The van der Waals surface area contributed by atoms with Crippen molar-refractivity contribution in [3.8, 4) is 5.75 Å². The predicted molar refractivity (Wildman–Crippen MR) is 88.8 cm³/mol. The molecule has 21 heavy (non-hydrogen) atoms. The van der Waals surface area contributed by atoms with E-state index in [0.29, 0.717) is 13.2 Å². The van der Waals surface area contributed by atoms with Gasteiger partial charge in [-0.05, 0) is 30.0 Å². The Morgan fingerprint density at radius 1 is 1.00 bits per heavy atom. The van der Waals surface area contributed by atoms with E-state index in [1.54, 1.807) is 0 Å². The fourth-order valence-electron chi connectivity index (χ4n) is 2.53. The van der Waals surface area contributed by atoms with Gasteiger partial charge in [0.2, 0.25) is 0 Å². The molecule has 0 aromatic heterocycles. The van der Waals surface area contributed by atoms with E-state index in [0.717, 1.165) is 18.6 Å². The molecule has 2 aromatic rings. The molecule has 0 spiro atoms. The molecule has 1 unspecified atom stereocenters. The highest BCUT2D eigenvalue weighted by Gasteiger charge is 2.24. The summed E-state index contributed by atoms with van der Waals surface area (Å²) in [6.07, 6.45) is 1.90. The van der Waals surface area contributed by atoms with Gasteiger partial charge in [0, 0.05) is 12.0 Å². The molecule has 2 heteroatoms. The lowest BCUT2D eigenvalue weighted by Gasteiger charge is -2.28. The van der Waals surface area contributed by atoms with Crippen molar-refractivity contribution >= 4 is 0 Å². The summed E-state index contributed by atoms with van der Waals surface area (Å²) in [5, 5.41) is 0. The fourth-order valence-corrected chi connectivity index (χ4v) is 2.53. The maximum Gasteiger partial charge on any atom is 0.122 e. The standard InChI is InChI=1S/C19H25NO/c1-3-16-9-7-8-12-18(16)21-14-13-19(2,15-20)17-10-5-4-6-11-17/h4-12H,3,13-15,20H2,1-2H3. The van der Waals surface area contributed by atoms with Gasteiger partial charge in [-0.25, -0.2) is 0 Å². The lowest BCUT2D eigenvalue weighted by molar-refractivity contribution is 0.265. The van der Waals surface area contributed by atoms with Crippen LogP contribution in [0.1, 0.15) is 31.4 Å². The number of nitrogens with two attached hydrogens (primary N) is 1. The highest BCUT2D eigenvalue weighted by molar-refractivity contribution is 5.33. The molecule has 0 fully saturated rings. The maximum absolute atomic E-state index is 6.02. The maximum atomic E-state index is 6.02. The van der Waals surface area contributed by atoms with Crippen LogP contribution in [-0.4, -0.2) is 13.2 Å². The molecule has 0 aliphatic carbocycles. The van der Waals surface area contributed by atoms with Gasteiger partial charge in [0.1, 0.15) is 5.75 Å². The van der Waals surface area contributed by atoms with Crippen molar-refractivity contribution in [1.29, 1.82) is 0 Å². The zero-order valence-corrected chi connectivity index (χ0v) is 13.0. The molecule has 0 amide bonds. The molecule has 0 aliphatic heterocycles. The molecule has 2 N–H and O–H groups in total. The Balaban J connectivity index is 2.01. The van der Waals surface area contributed by atoms with Gasteiger partial charge < -0.3 is 10.5 Å². The second-order valence-electron chi connectivity index (χ2n) is 5.69. The van der Waals surface area contributed by atoms with Crippen LogP contribution in [0.25, 0.3) is 0 Å². The average molecular weight is 283 g/mol. The van der Waals surface area contributed by atoms with Crippen LogP contribution in [0, 0.1) is 0 Å². The minimum absolute atomic E-state index is 0.0393. The summed E-state index contributed by atoms with van der Waals surface area (Å²) in [5.41, 5.74) is 8.51. The monoisotopic (exact) mass is 283 g/mol. The van der Waals surface area contributed by atoms with E-state index in [-0.39, 0.29) is 5.41 Å². The van der Waals surface area contributed by atoms with E-state index >= 15 is 0 Å². The minimum Gasteiger partial charge on any atom is -0.493 e. The normalized spacial score (nSPS) is 13.7. The highest BCUT2D eigenvalue weighted by atomic mass is 16.5. The smallest absolute Gasteiger partial charge is 0.122 e. The van der Waals surface area contributed by atoms with Gasteiger partial charge in [-0.1, -0.05) is 62.4 Å². The first-order valence-corrected chi connectivity index (χ1v) is 7.66. The third-order valence-corrected chi connectivity index (χ3v) is 4.19. The quantitative estimate of drug-likeness (QED) is 0.835. The van der Waals surface area contributed by atoms with E-state index in [1.807, 2.05) is 18.2 Å². The van der Waals surface area contributed by atoms with Crippen LogP contribution in [0.3, 0.4) is 0 Å². The third kappa shape index (κ3) is 3.85. The first kappa shape index (κ1) is 15.6. The fraction of sp³-hybridized carbons (Fsp3) is 0.368. The summed E-state index contributed by atoms with van der Waals surface area (Å²) in [7, 11) is 0. The van der Waals surface area contributed by atoms with Crippen LogP contribution in [-0.2, 0) is 11.8 Å². The van der Waals surface area contributed by atoms with E-state index in [4.69, 9.17) is 10.5 Å². The lowest BCUT2D eigenvalue weighted by atomic mass is 9.80. The molecule has 2 aromatic carbocycles. The number of benzene rings is 2. The number of hydrogen-bond donors (Lipinski definition) is 1. The summed E-state index contributed by atoms with van der Waals surface area (Å²) in [5.74, 6) is 0.993. The number of ether oxygens (including phenoxy) is 1. The first-order chi connectivity index (χ1) is 10.2. The van der Waals surface area contributed by atoms with Crippen molar-refractivity contribution in [1.82, 2.24) is 0 Å². The predicted octanol–water partition coefficient (Wildman–Crippen LogP) is 3.93. The van der Waals surface area contributed by atoms with Gasteiger partial charge in [0.05, 0.1) is 6.61 Å². The van der Waals surface area contributed by atoms with Crippen molar-refractivity contribution in [2.24, 2.45) is 5.73 Å². The number of rotatable bonds is 7. The van der Waals surface area contributed by atoms with E-state index < -0.39 is 0 Å². The molecule has 0 bridgehead atoms. The zero-order chi connectivity index (χ0) is 15.1. The number of hydrogen-bond acceptors (Lipinski definition) is 2. The highest BCUT2D eigenvalue weighted by Crippen LogP contribution is 2.27. The Morgan fingerprint density at radius 2 is 1.67 bits per heavy atom. The van der Waals surface area contributed by atoms with Crippen LogP contribution in [0.15, 0.2) is 54.6 Å². The van der Waals surface area contributed by atoms with Crippen LogP contribution >= 0.6 is 0 Å². The first-order valence-electron chi connectivity index (χ1n) is 7.66. The van der Waals surface area contributed by atoms with E-state index in [9.17, 15) is 0 Å². The van der Waals surface area contributed by atoms with Crippen molar-refractivity contribution in [3.63, 3.8) is 0 Å². The Hall–Kier alpha value is -1.80. The van der Waals surface area contributed by atoms with Gasteiger partial charge in [0.25, 0.3) is 0 Å². The van der Waals surface area contributed by atoms with Crippen LogP contribution < -0.4 is 10.5 Å². The SMILES string of the molecule is CCc1ccccc1OCCC(C)(CN)c1ccccc1. The Labute approximate surface area is 127 Å².